The fourth-order valence-corrected chi connectivity index (χ4v) is 5.86. The Morgan fingerprint density at radius 3 is 2.26 bits per heavy atom. The second kappa shape index (κ2) is 9.95. The molecule has 1 unspecified atom stereocenters. The van der Waals surface area contributed by atoms with E-state index < -0.39 is 44.9 Å². The molecule has 13 nitrogen and oxygen atoms in total. The first-order chi connectivity index (χ1) is 17.8. The van der Waals surface area contributed by atoms with Crippen LogP contribution in [0.1, 0.15) is 29.8 Å². The van der Waals surface area contributed by atoms with E-state index in [2.05, 4.69) is 5.32 Å². The minimum atomic E-state index is -3.89. The van der Waals surface area contributed by atoms with Gasteiger partial charge in [0, 0.05) is 43.9 Å². The summed E-state index contributed by atoms with van der Waals surface area (Å²) >= 11 is 0. The highest BCUT2D eigenvalue weighted by atomic mass is 32.2. The van der Waals surface area contributed by atoms with Gasteiger partial charge in [-0.15, -0.1) is 0 Å². The monoisotopic (exact) mass is 543 g/mol. The molecule has 38 heavy (non-hydrogen) atoms. The summed E-state index contributed by atoms with van der Waals surface area (Å²) in [4.78, 5) is 62.7. The van der Waals surface area contributed by atoms with Gasteiger partial charge in [-0.2, -0.15) is 4.31 Å². The maximum absolute atomic E-state index is 13.1. The van der Waals surface area contributed by atoms with Crippen LogP contribution in [-0.4, -0.2) is 83.8 Å². The highest BCUT2D eigenvalue weighted by Crippen LogP contribution is 2.30. The van der Waals surface area contributed by atoms with Crippen LogP contribution < -0.4 is 5.32 Å². The molecule has 200 valence electrons. The molecule has 4 rings (SSSR count). The lowest BCUT2D eigenvalue weighted by atomic mass is 9.92. The molecule has 0 aliphatic carbocycles. The van der Waals surface area contributed by atoms with Crippen LogP contribution >= 0.6 is 0 Å². The van der Waals surface area contributed by atoms with Gasteiger partial charge in [0.2, 0.25) is 15.9 Å². The molecule has 14 heteroatoms. The first-order valence-corrected chi connectivity index (χ1v) is 13.1. The Morgan fingerprint density at radius 2 is 1.68 bits per heavy atom. The third-order valence-electron chi connectivity index (χ3n) is 6.69. The third-order valence-corrected chi connectivity index (χ3v) is 8.59. The van der Waals surface area contributed by atoms with E-state index in [1.807, 2.05) is 0 Å². The van der Waals surface area contributed by atoms with Gasteiger partial charge >= 0.3 is 6.03 Å². The summed E-state index contributed by atoms with van der Waals surface area (Å²) in [6, 6.07) is 10.1. The Hall–Kier alpha value is -4.17. The highest BCUT2D eigenvalue weighted by molar-refractivity contribution is 7.89. The van der Waals surface area contributed by atoms with E-state index >= 15 is 0 Å². The van der Waals surface area contributed by atoms with Crippen molar-refractivity contribution in [2.45, 2.75) is 24.3 Å². The number of amides is 4. The second-order valence-corrected chi connectivity index (χ2v) is 11.1. The topological polar surface area (TPSA) is 167 Å². The van der Waals surface area contributed by atoms with Crippen LogP contribution in [0.15, 0.2) is 53.4 Å². The zero-order valence-corrected chi connectivity index (χ0v) is 21.4. The number of hydrogen-bond acceptors (Lipinski definition) is 8. The van der Waals surface area contributed by atoms with Gasteiger partial charge in [0.25, 0.3) is 11.6 Å². The van der Waals surface area contributed by atoms with Crippen LogP contribution in [0.2, 0.25) is 0 Å². The Kier molecular flexibility index (Phi) is 7.04. The van der Waals surface area contributed by atoms with Crippen molar-refractivity contribution in [3.05, 3.63) is 69.8 Å². The first-order valence-electron chi connectivity index (χ1n) is 11.6. The molecule has 1 atom stereocenters. The molecule has 2 aromatic carbocycles. The SMILES string of the molecule is CC(=O)c1cccc(S(=O)(=O)N2CCN(C(=O)CN3C(=O)NC(C)(c4ccc([N+](=O)[O-])cc4)C3=O)CC2)c1. The summed E-state index contributed by atoms with van der Waals surface area (Å²) in [5, 5.41) is 13.5. The number of benzene rings is 2. The lowest BCUT2D eigenvalue weighted by Crippen LogP contribution is -2.53. The second-order valence-electron chi connectivity index (χ2n) is 9.12. The number of Topliss-reactive ketones (excluding diaryl/α,β-unsaturated/α-hetero) is 1. The minimum absolute atomic E-state index is 0.000967. The van der Waals surface area contributed by atoms with E-state index in [0.29, 0.717) is 5.56 Å². The molecule has 4 amide bonds. The van der Waals surface area contributed by atoms with Crippen LogP contribution in [0.4, 0.5) is 10.5 Å². The Labute approximate surface area is 218 Å². The predicted octanol–water partition coefficient (Wildman–Crippen LogP) is 1.10. The van der Waals surface area contributed by atoms with Gasteiger partial charge in [-0.05, 0) is 43.7 Å². The quantitative estimate of drug-likeness (QED) is 0.234. The van der Waals surface area contributed by atoms with Crippen LogP contribution in [0.5, 0.6) is 0 Å². The van der Waals surface area contributed by atoms with Crippen molar-refractivity contribution in [2.75, 3.05) is 32.7 Å². The van der Waals surface area contributed by atoms with Gasteiger partial charge in [0.15, 0.2) is 5.78 Å². The van der Waals surface area contributed by atoms with Crippen molar-refractivity contribution in [1.29, 1.82) is 0 Å². The van der Waals surface area contributed by atoms with Crippen LogP contribution in [0.25, 0.3) is 0 Å². The fourth-order valence-electron chi connectivity index (χ4n) is 4.39. The van der Waals surface area contributed by atoms with Crippen molar-refractivity contribution in [3.63, 3.8) is 0 Å². The van der Waals surface area contributed by atoms with Gasteiger partial charge in [-0.1, -0.05) is 12.1 Å². The molecular formula is C24H25N5O8S. The number of nitro groups is 1. The summed E-state index contributed by atoms with van der Waals surface area (Å²) in [5.41, 5.74) is -1.08. The summed E-state index contributed by atoms with van der Waals surface area (Å²) < 4.78 is 27.3. The number of ketones is 1. The molecule has 2 saturated heterocycles. The lowest BCUT2D eigenvalue weighted by Gasteiger charge is -2.34. The Bertz CT molecular complexity index is 1430. The fraction of sp³-hybridized carbons (Fsp3) is 0.333. The number of carbonyl (C=O) groups is 4. The molecular weight excluding hydrogens is 518 g/mol. The number of rotatable bonds is 7. The zero-order chi connectivity index (χ0) is 27.8. The Morgan fingerprint density at radius 1 is 1.05 bits per heavy atom. The van der Waals surface area contributed by atoms with Crippen molar-refractivity contribution in [2.24, 2.45) is 0 Å². The van der Waals surface area contributed by atoms with Crippen LogP contribution in [-0.2, 0) is 25.2 Å². The molecule has 2 aliphatic heterocycles. The number of nitrogens with zero attached hydrogens (tertiary/aromatic N) is 4. The van der Waals surface area contributed by atoms with E-state index in [4.69, 9.17) is 0 Å². The molecule has 2 aliphatic rings. The number of carbonyl (C=O) groups excluding carboxylic acids is 4. The lowest BCUT2D eigenvalue weighted by molar-refractivity contribution is -0.384. The summed E-state index contributed by atoms with van der Waals surface area (Å²) in [7, 11) is -3.89. The molecule has 1 N–H and O–H groups in total. The van der Waals surface area contributed by atoms with E-state index in [-0.39, 0.29) is 48.1 Å². The molecule has 2 heterocycles. The van der Waals surface area contributed by atoms with Crippen molar-refractivity contribution < 1.29 is 32.5 Å². The van der Waals surface area contributed by atoms with Gasteiger partial charge < -0.3 is 10.2 Å². The maximum atomic E-state index is 13.1. The first kappa shape index (κ1) is 26.9. The average Bonchev–Trinajstić information content (AvgIpc) is 3.12. The van der Waals surface area contributed by atoms with E-state index in [9.17, 15) is 37.7 Å². The van der Waals surface area contributed by atoms with Gasteiger partial charge in [0.05, 0.1) is 9.82 Å². The van der Waals surface area contributed by atoms with E-state index in [0.717, 1.165) is 4.90 Å². The molecule has 2 aromatic rings. The number of sulfonamides is 1. The van der Waals surface area contributed by atoms with Gasteiger partial charge in [-0.3, -0.25) is 29.4 Å². The number of nitro benzene ring substituents is 1. The van der Waals surface area contributed by atoms with E-state index in [1.54, 1.807) is 0 Å². The average molecular weight is 544 g/mol. The zero-order valence-electron chi connectivity index (χ0n) is 20.6. The van der Waals surface area contributed by atoms with Crippen molar-refractivity contribution in [3.8, 4) is 0 Å². The Balaban J connectivity index is 1.40. The van der Waals surface area contributed by atoms with E-state index in [1.165, 1.54) is 71.6 Å². The van der Waals surface area contributed by atoms with Crippen molar-refractivity contribution in [1.82, 2.24) is 19.4 Å². The standard InChI is InChI=1S/C24H25N5O8S/c1-16(30)17-4-3-5-20(14-17)38(36,37)27-12-10-26(11-13-27)21(31)15-28-22(32)24(2,25-23(28)33)18-6-8-19(9-7-18)29(34)35/h3-9,14H,10-13,15H2,1-2H3,(H,25,33). The number of piperazine rings is 1. The summed E-state index contributed by atoms with van der Waals surface area (Å²) in [5.74, 6) is -1.48. The smallest absolute Gasteiger partial charge is 0.325 e. The number of hydrogen-bond donors (Lipinski definition) is 1. The number of imide groups is 1. The third kappa shape index (κ3) is 4.87. The molecule has 0 spiro atoms. The molecule has 0 bridgehead atoms. The van der Waals surface area contributed by atoms with Crippen LogP contribution in [0, 0.1) is 10.1 Å². The predicted molar refractivity (Wildman–Crippen MR) is 132 cm³/mol. The highest BCUT2D eigenvalue weighted by Gasteiger charge is 2.50. The maximum Gasteiger partial charge on any atom is 0.325 e. The molecule has 0 saturated carbocycles. The van der Waals surface area contributed by atoms with Gasteiger partial charge in [-0.25, -0.2) is 13.2 Å². The van der Waals surface area contributed by atoms with Gasteiger partial charge in [0.1, 0.15) is 12.1 Å². The van der Waals surface area contributed by atoms with Crippen molar-refractivity contribution >= 4 is 39.3 Å². The number of nitrogens with one attached hydrogen (secondary N) is 1. The minimum Gasteiger partial charge on any atom is -0.338 e. The molecule has 0 radical (unpaired) electrons. The molecule has 2 fully saturated rings. The molecule has 0 aromatic heterocycles. The largest absolute Gasteiger partial charge is 0.338 e. The number of urea groups is 1. The normalized spacial score (nSPS) is 20.4. The number of non-ortho nitro benzene ring substituents is 1. The summed E-state index contributed by atoms with van der Waals surface area (Å²) in [6.07, 6.45) is 0. The summed E-state index contributed by atoms with van der Waals surface area (Å²) in [6.45, 7) is 2.35. The van der Waals surface area contributed by atoms with Crippen LogP contribution in [0.3, 0.4) is 0 Å².